The van der Waals surface area contributed by atoms with Crippen molar-refractivity contribution in [3.05, 3.63) is 56.8 Å². The smallest absolute Gasteiger partial charge is 0.176 e. The zero-order valence-electron chi connectivity index (χ0n) is 12.1. The van der Waals surface area contributed by atoms with Crippen molar-refractivity contribution in [1.82, 2.24) is 4.90 Å². The molecule has 2 aliphatic rings. The van der Waals surface area contributed by atoms with Gasteiger partial charge in [0.25, 0.3) is 0 Å². The Morgan fingerprint density at radius 1 is 1.10 bits per heavy atom. The molecule has 1 aliphatic heterocycles. The van der Waals surface area contributed by atoms with Gasteiger partial charge in [0, 0.05) is 23.5 Å². The van der Waals surface area contributed by atoms with Crippen molar-refractivity contribution >= 4 is 17.1 Å². The van der Waals surface area contributed by atoms with Crippen molar-refractivity contribution < 1.29 is 4.79 Å². The second-order valence-corrected chi connectivity index (χ2v) is 7.09. The fourth-order valence-corrected chi connectivity index (χ4v) is 4.37. The number of nitrogens with zero attached hydrogens (tertiary/aromatic N) is 1. The number of rotatable bonds is 3. The number of thiophene rings is 1. The highest BCUT2D eigenvalue weighted by atomic mass is 32.1. The van der Waals surface area contributed by atoms with Crippen molar-refractivity contribution in [1.29, 1.82) is 0 Å². The summed E-state index contributed by atoms with van der Waals surface area (Å²) in [7, 11) is 0. The topological polar surface area (TPSA) is 20.3 Å². The van der Waals surface area contributed by atoms with E-state index in [2.05, 4.69) is 28.5 Å². The number of fused-ring (bicyclic) bond motifs is 2. The number of carbonyl (C=O) groups excluding carboxylic acids is 1. The van der Waals surface area contributed by atoms with Crippen LogP contribution in [-0.2, 0) is 25.8 Å². The van der Waals surface area contributed by atoms with E-state index < -0.39 is 0 Å². The predicted molar refractivity (Wildman–Crippen MR) is 86.1 cm³/mol. The quantitative estimate of drug-likeness (QED) is 0.808. The Bertz CT molecular complexity index is 688. The van der Waals surface area contributed by atoms with Crippen molar-refractivity contribution in [3.63, 3.8) is 0 Å². The lowest BCUT2D eigenvalue weighted by molar-refractivity contribution is 0.0922. The molecule has 0 spiro atoms. The molecule has 0 saturated carbocycles. The Labute approximate surface area is 129 Å². The lowest BCUT2D eigenvalue weighted by Crippen LogP contribution is -2.34. The third-order valence-electron chi connectivity index (χ3n) is 4.67. The van der Waals surface area contributed by atoms with E-state index in [0.717, 1.165) is 31.5 Å². The number of hydrogen-bond donors (Lipinski definition) is 0. The van der Waals surface area contributed by atoms with Crippen LogP contribution >= 0.6 is 11.3 Å². The summed E-state index contributed by atoms with van der Waals surface area (Å²) in [4.78, 5) is 16.3. The molecule has 0 bridgehead atoms. The van der Waals surface area contributed by atoms with Gasteiger partial charge in [-0.15, -0.1) is 11.3 Å². The van der Waals surface area contributed by atoms with Crippen LogP contribution in [-0.4, -0.2) is 23.8 Å². The number of Topliss-reactive ketones (excluding diaryl/α,β-unsaturated/α-hetero) is 1. The van der Waals surface area contributed by atoms with Crippen LogP contribution in [0.25, 0.3) is 0 Å². The molecule has 2 nitrogen and oxygen atoms in total. The zero-order valence-corrected chi connectivity index (χ0v) is 12.9. The van der Waals surface area contributed by atoms with Crippen LogP contribution in [0.5, 0.6) is 0 Å². The Hall–Kier alpha value is -1.45. The van der Waals surface area contributed by atoms with Gasteiger partial charge in [-0.05, 0) is 59.9 Å². The first-order valence-electron chi connectivity index (χ1n) is 7.72. The second-order valence-electron chi connectivity index (χ2n) is 6.09. The summed E-state index contributed by atoms with van der Waals surface area (Å²) in [6, 6.07) is 8.51. The van der Waals surface area contributed by atoms with Crippen LogP contribution in [0.1, 0.15) is 38.3 Å². The van der Waals surface area contributed by atoms with Crippen LogP contribution in [0.15, 0.2) is 29.6 Å². The molecule has 2 aromatic rings. The highest BCUT2D eigenvalue weighted by Gasteiger charge is 2.20. The summed E-state index contributed by atoms with van der Waals surface area (Å²) in [6.45, 7) is 2.48. The molecule has 0 saturated heterocycles. The summed E-state index contributed by atoms with van der Waals surface area (Å²) in [5, 5.41) is 2.16. The van der Waals surface area contributed by atoms with E-state index in [0.29, 0.717) is 6.54 Å². The summed E-state index contributed by atoms with van der Waals surface area (Å²) < 4.78 is 0. The van der Waals surface area contributed by atoms with E-state index in [4.69, 9.17) is 0 Å². The number of ketones is 1. The van der Waals surface area contributed by atoms with E-state index in [1.807, 2.05) is 17.4 Å². The van der Waals surface area contributed by atoms with Crippen LogP contribution in [0.4, 0.5) is 0 Å². The maximum absolute atomic E-state index is 12.5. The average molecular weight is 297 g/mol. The number of hydrogen-bond acceptors (Lipinski definition) is 3. The first-order chi connectivity index (χ1) is 10.3. The first-order valence-corrected chi connectivity index (χ1v) is 8.60. The Balaban J connectivity index is 1.47. The van der Waals surface area contributed by atoms with Gasteiger partial charge in [0.1, 0.15) is 0 Å². The van der Waals surface area contributed by atoms with E-state index in [9.17, 15) is 4.79 Å². The minimum absolute atomic E-state index is 0.267. The third-order valence-corrected chi connectivity index (χ3v) is 5.70. The van der Waals surface area contributed by atoms with Gasteiger partial charge in [-0.2, -0.15) is 0 Å². The van der Waals surface area contributed by atoms with Crippen LogP contribution < -0.4 is 0 Å². The lowest BCUT2D eigenvalue weighted by atomic mass is 10.0. The summed E-state index contributed by atoms with van der Waals surface area (Å²) in [5.41, 5.74) is 5.13. The summed E-state index contributed by atoms with van der Waals surface area (Å²) in [6.07, 6.45) is 4.64. The van der Waals surface area contributed by atoms with Gasteiger partial charge in [0.05, 0.1) is 6.54 Å². The van der Waals surface area contributed by atoms with E-state index in [1.54, 1.807) is 0 Å². The van der Waals surface area contributed by atoms with Gasteiger partial charge in [-0.1, -0.05) is 12.1 Å². The van der Waals surface area contributed by atoms with Gasteiger partial charge >= 0.3 is 0 Å². The maximum Gasteiger partial charge on any atom is 0.176 e. The fraction of sp³-hybridized carbons (Fsp3) is 0.389. The van der Waals surface area contributed by atoms with Gasteiger partial charge in [-0.3, -0.25) is 9.69 Å². The van der Waals surface area contributed by atoms with Crippen LogP contribution in [0.3, 0.4) is 0 Å². The maximum atomic E-state index is 12.5. The Morgan fingerprint density at radius 2 is 2.00 bits per heavy atom. The molecule has 2 heterocycles. The Morgan fingerprint density at radius 3 is 2.95 bits per heavy atom. The highest BCUT2D eigenvalue weighted by Crippen LogP contribution is 2.25. The summed E-state index contributed by atoms with van der Waals surface area (Å²) >= 11 is 1.84. The van der Waals surface area contributed by atoms with Crippen molar-refractivity contribution in [2.24, 2.45) is 0 Å². The second kappa shape index (κ2) is 5.39. The molecular formula is C18H19NOS. The molecular weight excluding hydrogens is 278 g/mol. The number of carbonyl (C=O) groups is 1. The standard InChI is InChI=1S/C18H19NOS/c20-17(15-5-4-13-2-1-3-14(13)10-15)12-19-8-6-18-16(11-19)7-9-21-18/h4-5,7,9-10H,1-3,6,8,11-12H2. The molecule has 4 rings (SSSR count). The molecule has 0 atom stereocenters. The zero-order chi connectivity index (χ0) is 14.2. The molecule has 0 unspecified atom stereocenters. The van der Waals surface area contributed by atoms with E-state index in [-0.39, 0.29) is 5.78 Å². The SMILES string of the molecule is O=C(CN1CCc2sccc2C1)c1ccc2c(c1)CCC2. The van der Waals surface area contributed by atoms with Gasteiger partial charge in [0.2, 0.25) is 0 Å². The largest absolute Gasteiger partial charge is 0.293 e. The molecule has 3 heteroatoms. The summed E-state index contributed by atoms with van der Waals surface area (Å²) in [5.74, 6) is 0.267. The minimum atomic E-state index is 0.267. The molecule has 0 radical (unpaired) electrons. The molecule has 108 valence electrons. The fourth-order valence-electron chi connectivity index (χ4n) is 3.48. The van der Waals surface area contributed by atoms with Gasteiger partial charge in [-0.25, -0.2) is 0 Å². The van der Waals surface area contributed by atoms with Crippen molar-refractivity contribution in [2.75, 3.05) is 13.1 Å². The average Bonchev–Trinajstić information content (AvgIpc) is 3.14. The predicted octanol–water partition coefficient (Wildman–Crippen LogP) is 3.48. The first kappa shape index (κ1) is 13.2. The van der Waals surface area contributed by atoms with Gasteiger partial charge < -0.3 is 0 Å². The number of benzene rings is 1. The van der Waals surface area contributed by atoms with E-state index >= 15 is 0 Å². The number of aryl methyl sites for hydroxylation is 2. The van der Waals surface area contributed by atoms with Crippen LogP contribution in [0, 0.1) is 0 Å². The molecule has 1 aromatic heterocycles. The normalized spacial score (nSPS) is 17.5. The van der Waals surface area contributed by atoms with Gasteiger partial charge in [0.15, 0.2) is 5.78 Å². The van der Waals surface area contributed by atoms with E-state index in [1.165, 1.54) is 34.4 Å². The highest BCUT2D eigenvalue weighted by molar-refractivity contribution is 7.10. The van der Waals surface area contributed by atoms with Crippen LogP contribution in [0.2, 0.25) is 0 Å². The monoisotopic (exact) mass is 297 g/mol. The molecule has 0 fully saturated rings. The Kier molecular flexibility index (Phi) is 3.40. The lowest BCUT2D eigenvalue weighted by Gasteiger charge is -2.26. The van der Waals surface area contributed by atoms with Crippen molar-refractivity contribution in [3.8, 4) is 0 Å². The minimum Gasteiger partial charge on any atom is -0.293 e. The molecule has 1 aliphatic carbocycles. The van der Waals surface area contributed by atoms with Crippen molar-refractivity contribution in [2.45, 2.75) is 32.2 Å². The molecule has 0 N–H and O–H groups in total. The molecule has 21 heavy (non-hydrogen) atoms. The molecule has 1 aromatic carbocycles. The molecule has 0 amide bonds. The third kappa shape index (κ3) is 2.56.